The minimum absolute atomic E-state index is 0.262. The largest absolute Gasteiger partial charge is 0.292 e. The number of aromatic nitrogens is 3. The molecule has 0 aliphatic heterocycles. The zero-order valence-electron chi connectivity index (χ0n) is 19.8. The van der Waals surface area contributed by atoms with Crippen molar-refractivity contribution in [2.45, 2.75) is 0 Å². The Hall–Kier alpha value is -4.03. The van der Waals surface area contributed by atoms with Gasteiger partial charge in [-0.25, -0.2) is 4.98 Å². The van der Waals surface area contributed by atoms with E-state index in [2.05, 4.69) is 107 Å². The lowest BCUT2D eigenvalue weighted by atomic mass is 9.99. The molecule has 5 aromatic carbocycles. The first-order valence-corrected chi connectivity index (χ1v) is 14.4. The topological polar surface area (TPSA) is 30.7 Å². The highest BCUT2D eigenvalue weighted by Crippen LogP contribution is 2.48. The van der Waals surface area contributed by atoms with E-state index >= 15 is 0 Å². The molecule has 0 aliphatic carbocycles. The van der Waals surface area contributed by atoms with Gasteiger partial charge in [0.2, 0.25) is 5.28 Å². The number of hydrogen-bond acceptors (Lipinski definition) is 4. The SMILES string of the molecule is Clc1nc(-n2c3ccccc3c3c4ccccc4c4c5ccccc5sc4c32)c2c(n1)sc1ccccc12. The molecule has 9 rings (SSSR count). The van der Waals surface area contributed by atoms with Crippen molar-refractivity contribution in [1.82, 2.24) is 14.5 Å². The van der Waals surface area contributed by atoms with Crippen molar-refractivity contribution in [3.8, 4) is 5.82 Å². The van der Waals surface area contributed by atoms with Gasteiger partial charge in [-0.1, -0.05) is 78.9 Å². The van der Waals surface area contributed by atoms with Gasteiger partial charge in [-0.05, 0) is 40.6 Å². The molecule has 0 saturated heterocycles. The molecule has 0 saturated carbocycles. The van der Waals surface area contributed by atoms with Crippen LogP contribution in [-0.4, -0.2) is 14.5 Å². The first kappa shape index (κ1) is 21.0. The van der Waals surface area contributed by atoms with Crippen LogP contribution in [0.25, 0.3) is 78.9 Å². The lowest BCUT2D eigenvalue weighted by Crippen LogP contribution is -2.00. The Morgan fingerprint density at radius 1 is 0.553 bits per heavy atom. The van der Waals surface area contributed by atoms with Crippen LogP contribution in [0, 0.1) is 0 Å². The Bertz CT molecular complexity index is 2430. The summed E-state index contributed by atoms with van der Waals surface area (Å²) in [6.45, 7) is 0. The molecule has 0 atom stereocenters. The van der Waals surface area contributed by atoms with Crippen LogP contribution >= 0.6 is 34.3 Å². The zero-order chi connectivity index (χ0) is 25.0. The van der Waals surface area contributed by atoms with Crippen LogP contribution in [0.2, 0.25) is 5.28 Å². The number of halogens is 1. The molecule has 0 bridgehead atoms. The summed E-state index contributed by atoms with van der Waals surface area (Å²) in [5.41, 5.74) is 2.29. The smallest absolute Gasteiger partial charge is 0.225 e. The van der Waals surface area contributed by atoms with Crippen molar-refractivity contribution >= 4 is 107 Å². The van der Waals surface area contributed by atoms with E-state index in [0.29, 0.717) is 0 Å². The Labute approximate surface area is 229 Å². The summed E-state index contributed by atoms with van der Waals surface area (Å²) in [4.78, 5) is 10.5. The molecule has 0 radical (unpaired) electrons. The number of hydrogen-bond donors (Lipinski definition) is 0. The van der Waals surface area contributed by atoms with Crippen molar-refractivity contribution in [1.29, 1.82) is 0 Å². The molecule has 3 nitrogen and oxygen atoms in total. The van der Waals surface area contributed by atoms with E-state index in [0.717, 1.165) is 26.9 Å². The fourth-order valence-electron chi connectivity index (χ4n) is 6.09. The summed E-state index contributed by atoms with van der Waals surface area (Å²) in [5, 5.41) is 10.0. The molecule has 4 heterocycles. The van der Waals surface area contributed by atoms with Gasteiger partial charge < -0.3 is 0 Å². The maximum absolute atomic E-state index is 6.62. The van der Waals surface area contributed by atoms with Crippen LogP contribution in [0.1, 0.15) is 0 Å². The summed E-state index contributed by atoms with van der Waals surface area (Å²) in [7, 11) is 0. The average molecular weight is 542 g/mol. The van der Waals surface area contributed by atoms with Gasteiger partial charge in [-0.3, -0.25) is 4.57 Å². The summed E-state index contributed by atoms with van der Waals surface area (Å²) < 4.78 is 6.06. The molecule has 178 valence electrons. The van der Waals surface area contributed by atoms with Crippen molar-refractivity contribution in [3.05, 3.63) is 102 Å². The van der Waals surface area contributed by atoms with Crippen molar-refractivity contribution in [3.63, 3.8) is 0 Å². The first-order valence-electron chi connectivity index (χ1n) is 12.4. The number of thiophene rings is 2. The van der Waals surface area contributed by atoms with Gasteiger partial charge in [-0.15, -0.1) is 22.7 Å². The predicted molar refractivity (Wildman–Crippen MR) is 165 cm³/mol. The van der Waals surface area contributed by atoms with Gasteiger partial charge in [0.1, 0.15) is 4.83 Å². The van der Waals surface area contributed by atoms with Gasteiger partial charge in [0.25, 0.3) is 0 Å². The fraction of sp³-hybridized carbons (Fsp3) is 0. The van der Waals surface area contributed by atoms with Crippen LogP contribution in [0.4, 0.5) is 0 Å². The second-order valence-electron chi connectivity index (χ2n) is 9.52. The third-order valence-corrected chi connectivity index (χ3v) is 9.97. The van der Waals surface area contributed by atoms with Gasteiger partial charge in [0.05, 0.1) is 21.1 Å². The van der Waals surface area contributed by atoms with Gasteiger partial charge in [0, 0.05) is 36.3 Å². The third-order valence-electron chi connectivity index (χ3n) is 7.56. The molecule has 6 heteroatoms. The average Bonchev–Trinajstić information content (AvgIpc) is 3.62. The molecular weight excluding hydrogens is 526 g/mol. The Morgan fingerprint density at radius 2 is 1.13 bits per heavy atom. The van der Waals surface area contributed by atoms with E-state index in [4.69, 9.17) is 16.6 Å². The van der Waals surface area contributed by atoms with Crippen LogP contribution in [-0.2, 0) is 0 Å². The molecule has 4 aromatic heterocycles. The first-order chi connectivity index (χ1) is 18.8. The van der Waals surface area contributed by atoms with Gasteiger partial charge in [-0.2, -0.15) is 4.98 Å². The zero-order valence-corrected chi connectivity index (χ0v) is 22.2. The van der Waals surface area contributed by atoms with Crippen molar-refractivity contribution in [2.24, 2.45) is 0 Å². The van der Waals surface area contributed by atoms with E-state index in [1.807, 2.05) is 11.3 Å². The summed E-state index contributed by atoms with van der Waals surface area (Å²) >= 11 is 10.1. The number of rotatable bonds is 1. The minimum atomic E-state index is 0.262. The minimum Gasteiger partial charge on any atom is -0.292 e. The quantitative estimate of drug-likeness (QED) is 0.193. The Kier molecular flexibility index (Phi) is 4.14. The van der Waals surface area contributed by atoms with E-state index in [9.17, 15) is 0 Å². The summed E-state index contributed by atoms with van der Waals surface area (Å²) in [6, 6.07) is 34.6. The van der Waals surface area contributed by atoms with E-state index in [1.165, 1.54) is 51.9 Å². The molecule has 0 spiro atoms. The standard InChI is InChI=1S/C32H16ClN3S2/c33-32-34-30(27-21-13-5-8-16-24(21)38-31(27)35-32)36-22-14-6-3-11-19(22)25-17-9-1-2-10-18(17)26-20-12-4-7-15-23(20)37-29(26)28(25)36/h1-16H. The van der Waals surface area contributed by atoms with E-state index in [-0.39, 0.29) is 5.28 Å². The fourth-order valence-corrected chi connectivity index (χ4v) is 8.63. The predicted octanol–water partition coefficient (Wildman–Crippen LogP) is 10.1. The molecular formula is C32H16ClN3S2. The van der Waals surface area contributed by atoms with Crippen molar-refractivity contribution in [2.75, 3.05) is 0 Å². The number of para-hydroxylation sites is 1. The molecule has 0 aliphatic rings. The van der Waals surface area contributed by atoms with Crippen LogP contribution < -0.4 is 0 Å². The van der Waals surface area contributed by atoms with E-state index < -0.39 is 0 Å². The molecule has 0 unspecified atom stereocenters. The Balaban J connectivity index is 1.63. The molecule has 9 aromatic rings. The van der Waals surface area contributed by atoms with Crippen LogP contribution in [0.15, 0.2) is 97.1 Å². The normalized spacial score (nSPS) is 12.3. The lowest BCUT2D eigenvalue weighted by molar-refractivity contribution is 1.08. The Morgan fingerprint density at radius 3 is 1.89 bits per heavy atom. The lowest BCUT2D eigenvalue weighted by Gasteiger charge is -2.11. The van der Waals surface area contributed by atoms with Crippen LogP contribution in [0.3, 0.4) is 0 Å². The number of benzene rings is 5. The highest BCUT2D eigenvalue weighted by Gasteiger charge is 2.24. The second-order valence-corrected chi connectivity index (χ2v) is 11.9. The van der Waals surface area contributed by atoms with Crippen LogP contribution in [0.5, 0.6) is 0 Å². The molecule has 38 heavy (non-hydrogen) atoms. The van der Waals surface area contributed by atoms with E-state index in [1.54, 1.807) is 11.3 Å². The van der Waals surface area contributed by atoms with Crippen molar-refractivity contribution < 1.29 is 0 Å². The maximum Gasteiger partial charge on any atom is 0.225 e. The second kappa shape index (κ2) is 7.51. The third kappa shape index (κ3) is 2.63. The van der Waals surface area contributed by atoms with Gasteiger partial charge in [0.15, 0.2) is 5.82 Å². The highest BCUT2D eigenvalue weighted by atomic mass is 35.5. The monoisotopic (exact) mass is 541 g/mol. The van der Waals surface area contributed by atoms with Gasteiger partial charge >= 0.3 is 0 Å². The highest BCUT2D eigenvalue weighted by molar-refractivity contribution is 7.27. The number of nitrogens with zero attached hydrogens (tertiary/aromatic N) is 3. The summed E-state index contributed by atoms with van der Waals surface area (Å²) in [5.74, 6) is 0.831. The molecule has 0 amide bonds. The maximum atomic E-state index is 6.62. The molecule has 0 fully saturated rings. The summed E-state index contributed by atoms with van der Waals surface area (Å²) in [6.07, 6.45) is 0. The molecule has 0 N–H and O–H groups in total. The number of fused-ring (bicyclic) bond motifs is 13.